The third-order valence-electron chi connectivity index (χ3n) is 3.56. The van der Waals surface area contributed by atoms with Gasteiger partial charge in [-0.3, -0.25) is 9.59 Å². The predicted molar refractivity (Wildman–Crippen MR) is 84.5 cm³/mol. The lowest BCUT2D eigenvalue weighted by Crippen LogP contribution is -2.32. The van der Waals surface area contributed by atoms with Gasteiger partial charge < -0.3 is 24.6 Å². The Bertz CT molecular complexity index is 582. The number of carbonyl (C=O) groups is 2. The highest BCUT2D eigenvalue weighted by Crippen LogP contribution is 2.39. The average molecular weight is 325 g/mol. The normalized spacial score (nSPS) is 10.8. The fourth-order valence-electron chi connectivity index (χ4n) is 1.97. The van der Waals surface area contributed by atoms with Crippen molar-refractivity contribution in [1.29, 1.82) is 0 Å². The van der Waals surface area contributed by atoms with Crippen LogP contribution in [0.5, 0.6) is 17.2 Å². The largest absolute Gasteiger partial charge is 0.493 e. The second kappa shape index (κ2) is 7.71. The molecule has 128 valence electrons. The Morgan fingerprint density at radius 3 is 2.17 bits per heavy atom. The molecular formula is C16H23NO6. The lowest BCUT2D eigenvalue weighted by Gasteiger charge is -2.19. The number of carboxylic acid groups (broad SMARTS) is 1. The number of carbonyl (C=O) groups excluding carboxylic acids is 1. The molecule has 7 nitrogen and oxygen atoms in total. The van der Waals surface area contributed by atoms with E-state index in [-0.39, 0.29) is 18.2 Å². The molecule has 0 heterocycles. The standard InChI is InChI=1S/C16H23NO6/c1-16(2,15(19)20)8-9-17-14(18)10-6-7-11(21-3)13(23-5)12(10)22-4/h6-7H,8-9H2,1-5H3,(H,17,18)(H,19,20). The first-order valence-corrected chi connectivity index (χ1v) is 7.09. The highest BCUT2D eigenvalue weighted by Gasteiger charge is 2.27. The molecule has 7 heteroatoms. The minimum absolute atomic E-state index is 0.232. The van der Waals surface area contributed by atoms with Crippen molar-refractivity contribution in [3.63, 3.8) is 0 Å². The van der Waals surface area contributed by atoms with E-state index in [1.807, 2.05) is 0 Å². The third-order valence-corrected chi connectivity index (χ3v) is 3.56. The Morgan fingerprint density at radius 2 is 1.70 bits per heavy atom. The van der Waals surface area contributed by atoms with Crippen LogP contribution in [0.1, 0.15) is 30.6 Å². The van der Waals surface area contributed by atoms with Gasteiger partial charge in [0.2, 0.25) is 5.75 Å². The van der Waals surface area contributed by atoms with Crippen molar-refractivity contribution in [2.45, 2.75) is 20.3 Å². The maximum absolute atomic E-state index is 12.3. The summed E-state index contributed by atoms with van der Waals surface area (Å²) in [5.74, 6) is -0.234. The van der Waals surface area contributed by atoms with Gasteiger partial charge in [-0.15, -0.1) is 0 Å². The van der Waals surface area contributed by atoms with E-state index in [1.165, 1.54) is 21.3 Å². The van der Waals surface area contributed by atoms with Gasteiger partial charge in [-0.1, -0.05) is 0 Å². The highest BCUT2D eigenvalue weighted by atomic mass is 16.5. The van der Waals surface area contributed by atoms with Crippen LogP contribution in [-0.4, -0.2) is 44.9 Å². The lowest BCUT2D eigenvalue weighted by molar-refractivity contribution is -0.147. The average Bonchev–Trinajstić information content (AvgIpc) is 2.52. The first kappa shape index (κ1) is 18.6. The van der Waals surface area contributed by atoms with E-state index in [0.717, 1.165) is 0 Å². The van der Waals surface area contributed by atoms with E-state index in [1.54, 1.807) is 26.0 Å². The Hall–Kier alpha value is -2.44. The molecule has 1 rings (SSSR count). The second-order valence-electron chi connectivity index (χ2n) is 5.58. The zero-order chi connectivity index (χ0) is 17.6. The molecule has 0 unspecified atom stereocenters. The van der Waals surface area contributed by atoms with Crippen LogP contribution in [0.25, 0.3) is 0 Å². The maximum Gasteiger partial charge on any atom is 0.309 e. The Balaban J connectivity index is 2.90. The van der Waals surface area contributed by atoms with Crippen LogP contribution in [0.4, 0.5) is 0 Å². The number of carboxylic acids is 1. The van der Waals surface area contributed by atoms with Crippen molar-refractivity contribution < 1.29 is 28.9 Å². The van der Waals surface area contributed by atoms with E-state index in [0.29, 0.717) is 23.5 Å². The van der Waals surface area contributed by atoms with Crippen molar-refractivity contribution in [1.82, 2.24) is 5.32 Å². The number of nitrogens with one attached hydrogen (secondary N) is 1. The van der Waals surface area contributed by atoms with E-state index in [9.17, 15) is 9.59 Å². The molecule has 0 aliphatic rings. The molecule has 0 spiro atoms. The molecule has 0 aliphatic carbocycles. The van der Waals surface area contributed by atoms with Crippen LogP contribution in [-0.2, 0) is 4.79 Å². The van der Waals surface area contributed by atoms with Gasteiger partial charge in [0.15, 0.2) is 11.5 Å². The number of aliphatic carboxylic acids is 1. The molecular weight excluding hydrogens is 302 g/mol. The van der Waals surface area contributed by atoms with Crippen LogP contribution < -0.4 is 19.5 Å². The summed E-state index contributed by atoms with van der Waals surface area (Å²) < 4.78 is 15.7. The van der Waals surface area contributed by atoms with Crippen LogP contribution in [0.2, 0.25) is 0 Å². The Kier molecular flexibility index (Phi) is 6.24. The van der Waals surface area contributed by atoms with Gasteiger partial charge in [-0.05, 0) is 32.4 Å². The monoisotopic (exact) mass is 325 g/mol. The maximum atomic E-state index is 12.3. The van der Waals surface area contributed by atoms with Crippen LogP contribution in [0, 0.1) is 5.41 Å². The zero-order valence-corrected chi connectivity index (χ0v) is 14.1. The second-order valence-corrected chi connectivity index (χ2v) is 5.58. The van der Waals surface area contributed by atoms with Crippen molar-refractivity contribution in [2.75, 3.05) is 27.9 Å². The number of amides is 1. The van der Waals surface area contributed by atoms with E-state index >= 15 is 0 Å². The van der Waals surface area contributed by atoms with Crippen molar-refractivity contribution >= 4 is 11.9 Å². The quantitative estimate of drug-likeness (QED) is 0.758. The molecule has 23 heavy (non-hydrogen) atoms. The molecule has 0 bridgehead atoms. The number of benzene rings is 1. The third kappa shape index (κ3) is 4.28. The Labute approximate surface area is 135 Å². The number of rotatable bonds is 8. The summed E-state index contributed by atoms with van der Waals surface area (Å²) in [6.45, 7) is 3.45. The summed E-state index contributed by atoms with van der Waals surface area (Å²) in [5.41, 5.74) is -0.618. The van der Waals surface area contributed by atoms with Crippen molar-refractivity contribution in [2.24, 2.45) is 5.41 Å². The minimum Gasteiger partial charge on any atom is -0.493 e. The van der Waals surface area contributed by atoms with Gasteiger partial charge >= 0.3 is 5.97 Å². The minimum atomic E-state index is -0.908. The summed E-state index contributed by atoms with van der Waals surface area (Å²) in [6.07, 6.45) is 0.309. The molecule has 0 saturated heterocycles. The Morgan fingerprint density at radius 1 is 1.09 bits per heavy atom. The van der Waals surface area contributed by atoms with Gasteiger partial charge in [0.05, 0.1) is 32.3 Å². The first-order chi connectivity index (χ1) is 10.8. The fourth-order valence-corrected chi connectivity index (χ4v) is 1.97. The van der Waals surface area contributed by atoms with Gasteiger partial charge in [0.1, 0.15) is 0 Å². The summed E-state index contributed by atoms with van der Waals surface area (Å²) in [6, 6.07) is 3.18. The van der Waals surface area contributed by atoms with Crippen LogP contribution >= 0.6 is 0 Å². The molecule has 1 aromatic carbocycles. The van der Waals surface area contributed by atoms with E-state index in [2.05, 4.69) is 5.32 Å². The lowest BCUT2D eigenvalue weighted by atomic mass is 9.90. The van der Waals surface area contributed by atoms with Gasteiger partial charge in [0, 0.05) is 6.54 Å². The first-order valence-electron chi connectivity index (χ1n) is 7.09. The molecule has 1 amide bonds. The van der Waals surface area contributed by atoms with Crippen molar-refractivity contribution in [3.05, 3.63) is 17.7 Å². The molecule has 0 saturated carbocycles. The highest BCUT2D eigenvalue weighted by molar-refractivity contribution is 5.98. The number of hydrogen-bond donors (Lipinski definition) is 2. The fraction of sp³-hybridized carbons (Fsp3) is 0.500. The number of ether oxygens (including phenoxy) is 3. The topological polar surface area (TPSA) is 94.1 Å². The molecule has 0 radical (unpaired) electrons. The molecule has 0 atom stereocenters. The molecule has 2 N–H and O–H groups in total. The zero-order valence-electron chi connectivity index (χ0n) is 14.1. The van der Waals surface area contributed by atoms with E-state index < -0.39 is 11.4 Å². The number of hydrogen-bond acceptors (Lipinski definition) is 5. The SMILES string of the molecule is COc1ccc(C(=O)NCCC(C)(C)C(=O)O)c(OC)c1OC. The van der Waals surface area contributed by atoms with Crippen LogP contribution in [0.15, 0.2) is 12.1 Å². The summed E-state index contributed by atoms with van der Waals surface area (Å²) in [5, 5.41) is 11.8. The van der Waals surface area contributed by atoms with Gasteiger partial charge in [-0.2, -0.15) is 0 Å². The summed E-state index contributed by atoms with van der Waals surface area (Å²) in [7, 11) is 4.38. The summed E-state index contributed by atoms with van der Waals surface area (Å²) in [4.78, 5) is 23.4. The van der Waals surface area contributed by atoms with Gasteiger partial charge in [0.25, 0.3) is 5.91 Å². The summed E-state index contributed by atoms with van der Waals surface area (Å²) >= 11 is 0. The molecule has 0 fully saturated rings. The van der Waals surface area contributed by atoms with E-state index in [4.69, 9.17) is 19.3 Å². The predicted octanol–water partition coefficient (Wildman–Crippen LogP) is 1.94. The van der Waals surface area contributed by atoms with Crippen molar-refractivity contribution in [3.8, 4) is 17.2 Å². The molecule has 1 aromatic rings. The van der Waals surface area contributed by atoms with Crippen LogP contribution in [0.3, 0.4) is 0 Å². The molecule has 0 aromatic heterocycles. The molecule has 0 aliphatic heterocycles. The number of methoxy groups -OCH3 is 3. The smallest absolute Gasteiger partial charge is 0.309 e. The van der Waals surface area contributed by atoms with Gasteiger partial charge in [-0.25, -0.2) is 0 Å².